The highest BCUT2D eigenvalue weighted by molar-refractivity contribution is 6.62. The molecule has 37 heavy (non-hydrogen) atoms. The zero-order chi connectivity index (χ0) is 26.4. The Morgan fingerprint density at radius 3 is 2.84 bits per heavy atom. The SMILES string of the molecule is CC(=O)c1cn(CC(=O)N2C[C@H](F)C[C@H]2C(=O)NCc2cccc(Cl)c2F)c2cc3c(cc12)B(O)OC3. The van der Waals surface area contributed by atoms with E-state index in [2.05, 4.69) is 5.32 Å². The predicted molar refractivity (Wildman–Crippen MR) is 133 cm³/mol. The van der Waals surface area contributed by atoms with Crippen molar-refractivity contribution in [3.63, 3.8) is 0 Å². The standard InChI is InChI=1S/C25H23BClF2N3O5/c1-13(33)18-10-31(21-5-15-12-37-26(36)19(15)7-17(18)21)11-23(34)32-9-16(28)6-22(32)25(35)30-8-14-3-2-4-20(27)24(14)29/h2-5,7,10,16,22,36H,6,8-9,11-12H2,1H3,(H,30,35)/t16-,22+/m1/s1. The van der Waals surface area contributed by atoms with E-state index in [1.165, 1.54) is 24.0 Å². The van der Waals surface area contributed by atoms with E-state index in [1.54, 1.807) is 29.0 Å². The number of amides is 2. The van der Waals surface area contributed by atoms with Crippen LogP contribution in [0.15, 0.2) is 36.5 Å². The number of benzene rings is 2. The van der Waals surface area contributed by atoms with Crippen molar-refractivity contribution in [3.05, 3.63) is 64.1 Å². The molecule has 2 aliphatic rings. The van der Waals surface area contributed by atoms with Gasteiger partial charge in [-0.05, 0) is 30.1 Å². The summed E-state index contributed by atoms with van der Waals surface area (Å²) in [5, 5.41) is 13.1. The molecule has 2 N–H and O–H groups in total. The van der Waals surface area contributed by atoms with E-state index in [0.29, 0.717) is 21.9 Å². The summed E-state index contributed by atoms with van der Waals surface area (Å²) >= 11 is 5.79. The van der Waals surface area contributed by atoms with Crippen LogP contribution in [0.2, 0.25) is 5.02 Å². The first-order valence-corrected chi connectivity index (χ1v) is 12.1. The van der Waals surface area contributed by atoms with Gasteiger partial charge < -0.3 is 24.5 Å². The van der Waals surface area contributed by atoms with Gasteiger partial charge in [-0.25, -0.2) is 8.78 Å². The number of nitrogens with zero attached hydrogens (tertiary/aromatic N) is 2. The summed E-state index contributed by atoms with van der Waals surface area (Å²) in [7, 11) is -1.09. The Balaban J connectivity index is 1.36. The molecule has 2 amide bonds. The van der Waals surface area contributed by atoms with Gasteiger partial charge in [0.25, 0.3) is 0 Å². The second-order valence-electron chi connectivity index (χ2n) is 9.28. The number of aromatic nitrogens is 1. The van der Waals surface area contributed by atoms with Crippen LogP contribution in [0.4, 0.5) is 8.78 Å². The smallest absolute Gasteiger partial charge is 0.423 e. The van der Waals surface area contributed by atoms with Gasteiger partial charge in [0.1, 0.15) is 24.6 Å². The Morgan fingerprint density at radius 2 is 2.08 bits per heavy atom. The van der Waals surface area contributed by atoms with Crippen LogP contribution in [0.3, 0.4) is 0 Å². The van der Waals surface area contributed by atoms with Crippen molar-refractivity contribution in [1.82, 2.24) is 14.8 Å². The Labute approximate surface area is 216 Å². The molecule has 1 saturated heterocycles. The molecule has 0 spiro atoms. The Bertz CT molecular complexity index is 1430. The fraction of sp³-hybridized carbons (Fsp3) is 0.320. The van der Waals surface area contributed by atoms with Crippen molar-refractivity contribution in [2.24, 2.45) is 0 Å². The van der Waals surface area contributed by atoms with E-state index in [1.807, 2.05) is 0 Å². The number of Topliss-reactive ketones (excluding diaryl/α,β-unsaturated/α-hetero) is 1. The lowest BCUT2D eigenvalue weighted by atomic mass is 9.78. The lowest BCUT2D eigenvalue weighted by Gasteiger charge is -2.24. The van der Waals surface area contributed by atoms with E-state index in [0.717, 1.165) is 5.56 Å². The molecule has 3 aromatic rings. The number of rotatable bonds is 6. The second-order valence-corrected chi connectivity index (χ2v) is 9.69. The van der Waals surface area contributed by atoms with Gasteiger partial charge in [-0.2, -0.15) is 0 Å². The fourth-order valence-corrected chi connectivity index (χ4v) is 5.15. The minimum atomic E-state index is -1.39. The zero-order valence-electron chi connectivity index (χ0n) is 19.8. The first-order valence-electron chi connectivity index (χ1n) is 11.7. The summed E-state index contributed by atoms with van der Waals surface area (Å²) in [6.45, 7) is 0.941. The van der Waals surface area contributed by atoms with Gasteiger partial charge in [-0.3, -0.25) is 14.4 Å². The monoisotopic (exact) mass is 529 g/mol. The zero-order valence-corrected chi connectivity index (χ0v) is 20.6. The van der Waals surface area contributed by atoms with Crippen LogP contribution in [0.1, 0.15) is 34.8 Å². The number of hydrogen-bond donors (Lipinski definition) is 2. The second kappa shape index (κ2) is 9.88. The quantitative estimate of drug-likeness (QED) is 0.376. The molecule has 3 heterocycles. The maximum Gasteiger partial charge on any atom is 0.491 e. The first kappa shape index (κ1) is 25.4. The third kappa shape index (κ3) is 4.74. The van der Waals surface area contributed by atoms with E-state index >= 15 is 0 Å². The highest BCUT2D eigenvalue weighted by Crippen LogP contribution is 2.27. The van der Waals surface area contributed by atoms with Crippen molar-refractivity contribution >= 4 is 52.7 Å². The molecule has 0 bridgehead atoms. The minimum Gasteiger partial charge on any atom is -0.423 e. The number of nitrogens with one attached hydrogen (secondary N) is 1. The van der Waals surface area contributed by atoms with Crippen LogP contribution in [0.5, 0.6) is 0 Å². The number of hydrogen-bond acceptors (Lipinski definition) is 5. The van der Waals surface area contributed by atoms with Gasteiger partial charge in [0.05, 0.1) is 18.2 Å². The highest BCUT2D eigenvalue weighted by atomic mass is 35.5. The maximum absolute atomic E-state index is 14.4. The summed E-state index contributed by atoms with van der Waals surface area (Å²) in [6, 6.07) is 6.78. The van der Waals surface area contributed by atoms with Crippen molar-refractivity contribution in [2.45, 2.75) is 45.3 Å². The number of halogens is 3. The van der Waals surface area contributed by atoms with Crippen molar-refractivity contribution in [2.75, 3.05) is 6.54 Å². The average Bonchev–Trinajstić information content (AvgIpc) is 3.54. The molecule has 0 saturated carbocycles. The topological polar surface area (TPSA) is 101 Å². The molecule has 5 rings (SSSR count). The molecule has 2 aliphatic heterocycles. The molecular weight excluding hydrogens is 507 g/mol. The van der Waals surface area contributed by atoms with Crippen LogP contribution in [0, 0.1) is 5.82 Å². The van der Waals surface area contributed by atoms with Crippen molar-refractivity contribution in [3.8, 4) is 0 Å². The molecule has 0 unspecified atom stereocenters. The summed E-state index contributed by atoms with van der Waals surface area (Å²) in [5.41, 5.74) is 2.42. The first-order chi connectivity index (χ1) is 17.6. The largest absolute Gasteiger partial charge is 0.491 e. The number of fused-ring (bicyclic) bond motifs is 2. The summed E-state index contributed by atoms with van der Waals surface area (Å²) in [4.78, 5) is 39.6. The number of alkyl halides is 1. The molecule has 2 atom stereocenters. The summed E-state index contributed by atoms with van der Waals surface area (Å²) in [6.07, 6.45) is -0.0183. The molecule has 1 aromatic heterocycles. The molecule has 0 radical (unpaired) electrons. The maximum atomic E-state index is 14.4. The summed E-state index contributed by atoms with van der Waals surface area (Å²) < 4.78 is 35.4. The highest BCUT2D eigenvalue weighted by Gasteiger charge is 2.40. The Morgan fingerprint density at radius 1 is 1.30 bits per heavy atom. The molecule has 8 nitrogen and oxygen atoms in total. The third-order valence-electron chi connectivity index (χ3n) is 6.85. The van der Waals surface area contributed by atoms with E-state index in [4.69, 9.17) is 16.3 Å². The van der Waals surface area contributed by atoms with Crippen molar-refractivity contribution in [1.29, 1.82) is 0 Å². The van der Waals surface area contributed by atoms with Crippen LogP contribution in [0.25, 0.3) is 10.9 Å². The Hall–Kier alpha value is -3.28. The van der Waals surface area contributed by atoms with E-state index in [9.17, 15) is 28.2 Å². The van der Waals surface area contributed by atoms with Gasteiger partial charge in [-0.15, -0.1) is 0 Å². The lowest BCUT2D eigenvalue weighted by Crippen LogP contribution is -2.46. The van der Waals surface area contributed by atoms with E-state index < -0.39 is 37.0 Å². The minimum absolute atomic E-state index is 0.0798. The number of carbonyl (C=O) groups is 3. The number of likely N-dealkylation sites (tertiary alicyclic amines) is 1. The predicted octanol–water partition coefficient (Wildman–Crippen LogP) is 2.11. The molecule has 0 aliphatic carbocycles. The fourth-order valence-electron chi connectivity index (χ4n) is 4.95. The van der Waals surface area contributed by atoms with Gasteiger partial charge >= 0.3 is 7.12 Å². The molecule has 192 valence electrons. The summed E-state index contributed by atoms with van der Waals surface area (Å²) in [5.74, 6) is -1.98. The molecule has 12 heteroatoms. The van der Waals surface area contributed by atoms with Crippen LogP contribution in [-0.4, -0.2) is 58.0 Å². The van der Waals surface area contributed by atoms with Crippen LogP contribution >= 0.6 is 11.6 Å². The molecule has 1 fully saturated rings. The van der Waals surface area contributed by atoms with E-state index in [-0.39, 0.29) is 49.0 Å². The van der Waals surface area contributed by atoms with Gasteiger partial charge in [0.15, 0.2) is 5.78 Å². The van der Waals surface area contributed by atoms with Gasteiger partial charge in [-0.1, -0.05) is 29.8 Å². The molecule has 2 aromatic carbocycles. The molecular formula is C25H23BClF2N3O5. The average molecular weight is 530 g/mol. The third-order valence-corrected chi connectivity index (χ3v) is 7.14. The normalized spacial score (nSPS) is 18.9. The van der Waals surface area contributed by atoms with Gasteiger partial charge in [0.2, 0.25) is 11.8 Å². The van der Waals surface area contributed by atoms with Crippen molar-refractivity contribution < 1.29 is 32.8 Å². The lowest BCUT2D eigenvalue weighted by molar-refractivity contribution is -0.139. The van der Waals surface area contributed by atoms with Crippen LogP contribution < -0.4 is 10.8 Å². The Kier molecular flexibility index (Phi) is 6.78. The van der Waals surface area contributed by atoms with Gasteiger partial charge in [0, 0.05) is 41.2 Å². The van der Waals surface area contributed by atoms with Crippen LogP contribution in [-0.2, 0) is 33.9 Å². The number of carbonyl (C=O) groups excluding carboxylic acids is 3. The number of ketones is 1.